The molecule has 3 unspecified atom stereocenters. The van der Waals surface area contributed by atoms with E-state index >= 15 is 0 Å². The monoisotopic (exact) mass is 291 g/mol. The third-order valence-electron chi connectivity index (χ3n) is 4.83. The molecule has 1 aliphatic carbocycles. The van der Waals surface area contributed by atoms with Crippen LogP contribution in [0.1, 0.15) is 42.4 Å². The zero-order valence-electron chi connectivity index (χ0n) is 12.5. The van der Waals surface area contributed by atoms with Crippen molar-refractivity contribution in [3.05, 3.63) is 17.5 Å². The molecule has 2 fully saturated rings. The van der Waals surface area contributed by atoms with Gasteiger partial charge in [0, 0.05) is 13.1 Å². The standard InChI is InChI=1S/C15H21N3O3/c1-3-18-12(7-9(2)16-18)14(19)17-8-10-5-4-6-11(10)13(17)15(20)21/h7,10-11,13H,3-6,8H2,1-2H3,(H,20,21). The number of carbonyl (C=O) groups is 2. The van der Waals surface area contributed by atoms with Gasteiger partial charge in [0.2, 0.25) is 0 Å². The molecule has 0 spiro atoms. The van der Waals surface area contributed by atoms with Crippen molar-refractivity contribution in [1.29, 1.82) is 0 Å². The molecule has 1 aromatic heterocycles. The molecule has 1 aliphatic heterocycles. The predicted molar refractivity (Wildman–Crippen MR) is 75.9 cm³/mol. The molecular formula is C15H21N3O3. The van der Waals surface area contributed by atoms with Crippen LogP contribution in [0, 0.1) is 18.8 Å². The van der Waals surface area contributed by atoms with Crippen LogP contribution < -0.4 is 0 Å². The number of hydrogen-bond donors (Lipinski definition) is 1. The largest absolute Gasteiger partial charge is 0.480 e. The zero-order chi connectivity index (χ0) is 15.1. The van der Waals surface area contributed by atoms with Gasteiger partial charge in [-0.3, -0.25) is 9.48 Å². The Morgan fingerprint density at radius 1 is 1.43 bits per heavy atom. The van der Waals surface area contributed by atoms with E-state index in [0.717, 1.165) is 25.0 Å². The van der Waals surface area contributed by atoms with E-state index in [1.807, 2.05) is 13.8 Å². The highest BCUT2D eigenvalue weighted by atomic mass is 16.4. The van der Waals surface area contributed by atoms with Gasteiger partial charge in [0.25, 0.3) is 5.91 Å². The highest BCUT2D eigenvalue weighted by Crippen LogP contribution is 2.42. The van der Waals surface area contributed by atoms with E-state index in [4.69, 9.17) is 0 Å². The van der Waals surface area contributed by atoms with Gasteiger partial charge in [-0.15, -0.1) is 0 Å². The van der Waals surface area contributed by atoms with Crippen molar-refractivity contribution in [2.75, 3.05) is 6.54 Å². The number of aryl methyl sites for hydroxylation is 2. The van der Waals surface area contributed by atoms with Crippen molar-refractivity contribution in [2.24, 2.45) is 11.8 Å². The van der Waals surface area contributed by atoms with Gasteiger partial charge >= 0.3 is 5.97 Å². The van der Waals surface area contributed by atoms with Crippen LogP contribution in [0.4, 0.5) is 0 Å². The first-order valence-electron chi connectivity index (χ1n) is 7.61. The van der Waals surface area contributed by atoms with Crippen LogP contribution in [0.5, 0.6) is 0 Å². The number of carboxylic acid groups (broad SMARTS) is 1. The van der Waals surface area contributed by atoms with Crippen molar-refractivity contribution >= 4 is 11.9 Å². The second-order valence-corrected chi connectivity index (χ2v) is 6.08. The lowest BCUT2D eigenvalue weighted by Gasteiger charge is -2.24. The molecular weight excluding hydrogens is 270 g/mol. The topological polar surface area (TPSA) is 75.4 Å². The van der Waals surface area contributed by atoms with Crippen LogP contribution in [-0.2, 0) is 11.3 Å². The van der Waals surface area contributed by atoms with E-state index in [2.05, 4.69) is 5.10 Å². The number of nitrogens with zero attached hydrogens (tertiary/aromatic N) is 3. The smallest absolute Gasteiger partial charge is 0.326 e. The lowest BCUT2D eigenvalue weighted by atomic mass is 9.94. The predicted octanol–water partition coefficient (Wildman–Crippen LogP) is 1.54. The molecule has 21 heavy (non-hydrogen) atoms. The zero-order valence-corrected chi connectivity index (χ0v) is 12.5. The summed E-state index contributed by atoms with van der Waals surface area (Å²) in [4.78, 5) is 26.0. The SMILES string of the molecule is CCn1nc(C)cc1C(=O)N1CC2CCCC2C1C(=O)O. The van der Waals surface area contributed by atoms with E-state index in [-0.39, 0.29) is 11.8 Å². The number of rotatable bonds is 3. The Morgan fingerprint density at radius 2 is 2.19 bits per heavy atom. The number of fused-ring (bicyclic) bond motifs is 1. The summed E-state index contributed by atoms with van der Waals surface area (Å²) in [7, 11) is 0. The van der Waals surface area contributed by atoms with Crippen LogP contribution in [-0.4, -0.2) is 44.3 Å². The van der Waals surface area contributed by atoms with E-state index < -0.39 is 12.0 Å². The summed E-state index contributed by atoms with van der Waals surface area (Å²) in [6.07, 6.45) is 3.02. The van der Waals surface area contributed by atoms with Gasteiger partial charge in [-0.25, -0.2) is 4.79 Å². The Balaban J connectivity index is 1.91. The molecule has 3 rings (SSSR count). The molecule has 2 heterocycles. The summed E-state index contributed by atoms with van der Waals surface area (Å²) < 4.78 is 1.66. The number of carbonyl (C=O) groups excluding carboxylic acids is 1. The van der Waals surface area contributed by atoms with Crippen LogP contribution in [0.2, 0.25) is 0 Å². The number of hydrogen-bond acceptors (Lipinski definition) is 3. The Bertz CT molecular complexity index is 581. The van der Waals surface area contributed by atoms with Crippen molar-refractivity contribution in [2.45, 2.75) is 45.7 Å². The van der Waals surface area contributed by atoms with Gasteiger partial charge in [-0.1, -0.05) is 6.42 Å². The van der Waals surface area contributed by atoms with E-state index in [1.165, 1.54) is 0 Å². The van der Waals surface area contributed by atoms with Crippen molar-refractivity contribution in [1.82, 2.24) is 14.7 Å². The first-order valence-corrected chi connectivity index (χ1v) is 7.61. The summed E-state index contributed by atoms with van der Waals surface area (Å²) in [5.74, 6) is -0.615. The highest BCUT2D eigenvalue weighted by Gasteiger charge is 2.50. The van der Waals surface area contributed by atoms with Crippen LogP contribution in [0.3, 0.4) is 0 Å². The Kier molecular flexibility index (Phi) is 3.47. The first-order chi connectivity index (χ1) is 10.0. The maximum atomic E-state index is 12.8. The molecule has 0 aromatic carbocycles. The van der Waals surface area contributed by atoms with E-state index in [9.17, 15) is 14.7 Å². The second kappa shape index (κ2) is 5.16. The molecule has 1 saturated carbocycles. The fourth-order valence-electron chi connectivity index (χ4n) is 3.94. The van der Waals surface area contributed by atoms with E-state index in [1.54, 1.807) is 15.6 Å². The molecule has 6 heteroatoms. The molecule has 1 N–H and O–H groups in total. The summed E-state index contributed by atoms with van der Waals surface area (Å²) in [5.41, 5.74) is 1.28. The third kappa shape index (κ3) is 2.22. The first kappa shape index (κ1) is 14.1. The van der Waals surface area contributed by atoms with Gasteiger partial charge in [0.1, 0.15) is 11.7 Å². The minimum atomic E-state index is -0.878. The minimum Gasteiger partial charge on any atom is -0.480 e. The molecule has 3 atom stereocenters. The quantitative estimate of drug-likeness (QED) is 0.916. The molecule has 2 aliphatic rings. The van der Waals surface area contributed by atoms with Crippen LogP contribution >= 0.6 is 0 Å². The summed E-state index contributed by atoms with van der Waals surface area (Å²) in [5, 5.41) is 13.8. The van der Waals surface area contributed by atoms with Gasteiger partial charge in [-0.05, 0) is 44.6 Å². The molecule has 114 valence electrons. The Hall–Kier alpha value is -1.85. The average molecular weight is 291 g/mol. The lowest BCUT2D eigenvalue weighted by molar-refractivity contribution is -0.142. The fraction of sp³-hybridized carbons (Fsp3) is 0.667. The van der Waals surface area contributed by atoms with Crippen molar-refractivity contribution in [3.8, 4) is 0 Å². The maximum absolute atomic E-state index is 12.8. The van der Waals surface area contributed by atoms with Gasteiger partial charge in [0.05, 0.1) is 5.69 Å². The summed E-state index contributed by atoms with van der Waals surface area (Å²) >= 11 is 0. The third-order valence-corrected chi connectivity index (χ3v) is 4.83. The van der Waals surface area contributed by atoms with Crippen molar-refractivity contribution < 1.29 is 14.7 Å². The van der Waals surface area contributed by atoms with Gasteiger partial charge in [0.15, 0.2) is 0 Å². The number of aliphatic carboxylic acids is 1. The Labute approximate surface area is 123 Å². The van der Waals surface area contributed by atoms with Crippen LogP contribution in [0.25, 0.3) is 0 Å². The van der Waals surface area contributed by atoms with Crippen molar-refractivity contribution in [3.63, 3.8) is 0 Å². The van der Waals surface area contributed by atoms with Gasteiger partial charge < -0.3 is 10.0 Å². The molecule has 1 saturated heterocycles. The maximum Gasteiger partial charge on any atom is 0.326 e. The fourth-order valence-corrected chi connectivity index (χ4v) is 3.94. The number of likely N-dealkylation sites (tertiary alicyclic amines) is 1. The molecule has 0 bridgehead atoms. The number of amides is 1. The van der Waals surface area contributed by atoms with E-state index in [0.29, 0.717) is 24.7 Å². The normalized spacial score (nSPS) is 27.9. The number of carboxylic acids is 1. The highest BCUT2D eigenvalue weighted by molar-refractivity contribution is 5.96. The lowest BCUT2D eigenvalue weighted by Crippen LogP contribution is -2.43. The Morgan fingerprint density at radius 3 is 2.86 bits per heavy atom. The average Bonchev–Trinajstić information content (AvgIpc) is 3.09. The van der Waals surface area contributed by atoms with Gasteiger partial charge in [-0.2, -0.15) is 5.10 Å². The number of aromatic nitrogens is 2. The molecule has 1 aromatic rings. The molecule has 6 nitrogen and oxygen atoms in total. The summed E-state index contributed by atoms with van der Waals surface area (Å²) in [6, 6.07) is 1.07. The van der Waals surface area contributed by atoms with Crippen LogP contribution in [0.15, 0.2) is 6.07 Å². The second-order valence-electron chi connectivity index (χ2n) is 6.08. The molecule has 0 radical (unpaired) electrons. The molecule has 1 amide bonds. The minimum absolute atomic E-state index is 0.116. The summed E-state index contributed by atoms with van der Waals surface area (Å²) in [6.45, 7) is 4.94.